The molecule has 0 saturated carbocycles. The molecule has 0 radical (unpaired) electrons. The minimum atomic E-state index is 0.397. The summed E-state index contributed by atoms with van der Waals surface area (Å²) in [5.41, 5.74) is 0.506. The van der Waals surface area contributed by atoms with E-state index in [4.69, 9.17) is 32.7 Å². The first-order chi connectivity index (χ1) is 9.13. The topological polar surface area (TPSA) is 35.5 Å². The Morgan fingerprint density at radius 3 is 2.37 bits per heavy atom. The maximum atomic E-state index is 10.7. The third-order valence-electron chi connectivity index (χ3n) is 2.44. The van der Waals surface area contributed by atoms with Crippen LogP contribution in [0.1, 0.15) is 10.4 Å². The van der Waals surface area contributed by atoms with E-state index in [1.165, 1.54) is 7.11 Å². The van der Waals surface area contributed by atoms with Gasteiger partial charge in [-0.05, 0) is 36.4 Å². The predicted molar refractivity (Wildman–Crippen MR) is 74.9 cm³/mol. The van der Waals surface area contributed by atoms with Gasteiger partial charge in [-0.1, -0.05) is 23.2 Å². The Hall–Kier alpha value is -1.71. The summed E-state index contributed by atoms with van der Waals surface area (Å²) in [6, 6.07) is 9.80. The molecule has 0 N–H and O–H groups in total. The number of aldehydes is 1. The molecule has 19 heavy (non-hydrogen) atoms. The molecule has 0 aliphatic rings. The zero-order valence-corrected chi connectivity index (χ0v) is 11.5. The van der Waals surface area contributed by atoms with Crippen molar-refractivity contribution in [3.05, 3.63) is 52.0 Å². The van der Waals surface area contributed by atoms with Crippen molar-refractivity contribution in [1.82, 2.24) is 0 Å². The Bertz CT molecular complexity index is 612. The van der Waals surface area contributed by atoms with Gasteiger partial charge in [0.1, 0.15) is 12.0 Å². The fourth-order valence-electron chi connectivity index (χ4n) is 1.52. The number of halogens is 2. The normalized spacial score (nSPS) is 10.1. The molecule has 0 aliphatic heterocycles. The zero-order valence-electron chi connectivity index (χ0n) is 10.0. The smallest absolute Gasteiger partial charge is 0.169 e. The van der Waals surface area contributed by atoms with Crippen LogP contribution in [0.4, 0.5) is 0 Å². The van der Waals surface area contributed by atoms with Crippen LogP contribution in [-0.4, -0.2) is 13.4 Å². The largest absolute Gasteiger partial charge is 0.493 e. The van der Waals surface area contributed by atoms with E-state index >= 15 is 0 Å². The van der Waals surface area contributed by atoms with Gasteiger partial charge in [0.25, 0.3) is 0 Å². The highest BCUT2D eigenvalue weighted by atomic mass is 35.5. The molecular formula is C14H10Cl2O3. The summed E-state index contributed by atoms with van der Waals surface area (Å²) in [5.74, 6) is 1.39. The second-order valence-electron chi connectivity index (χ2n) is 3.70. The van der Waals surface area contributed by atoms with Crippen molar-refractivity contribution >= 4 is 29.5 Å². The Morgan fingerprint density at radius 1 is 1.00 bits per heavy atom. The number of carbonyl (C=O) groups excluding carboxylic acids is 1. The van der Waals surface area contributed by atoms with E-state index in [9.17, 15) is 4.79 Å². The number of benzene rings is 2. The minimum absolute atomic E-state index is 0.397. The van der Waals surface area contributed by atoms with Gasteiger partial charge >= 0.3 is 0 Å². The maximum Gasteiger partial charge on any atom is 0.169 e. The number of rotatable bonds is 4. The summed E-state index contributed by atoms with van der Waals surface area (Å²) >= 11 is 11.8. The maximum absolute atomic E-state index is 10.7. The second-order valence-corrected chi connectivity index (χ2v) is 4.55. The Labute approximate surface area is 120 Å². The lowest BCUT2D eigenvalue weighted by Gasteiger charge is -2.11. The molecule has 0 bridgehead atoms. The minimum Gasteiger partial charge on any atom is -0.493 e. The van der Waals surface area contributed by atoms with Gasteiger partial charge in [-0.25, -0.2) is 0 Å². The Kier molecular flexibility index (Phi) is 4.30. The highest BCUT2D eigenvalue weighted by molar-refractivity contribution is 6.35. The summed E-state index contributed by atoms with van der Waals surface area (Å²) < 4.78 is 10.8. The monoisotopic (exact) mass is 296 g/mol. The van der Waals surface area contributed by atoms with E-state index < -0.39 is 0 Å². The van der Waals surface area contributed by atoms with Gasteiger partial charge in [0, 0.05) is 10.6 Å². The van der Waals surface area contributed by atoms with Crippen LogP contribution in [0.15, 0.2) is 36.4 Å². The standard InChI is InChI=1S/C14H10Cl2O3/c1-18-14-6-9(8-17)2-4-13(14)19-12-5-3-10(15)7-11(12)16/h2-8H,1H3. The molecule has 5 heteroatoms. The molecule has 2 aromatic carbocycles. The van der Waals surface area contributed by atoms with Crippen molar-refractivity contribution in [3.8, 4) is 17.2 Å². The zero-order chi connectivity index (χ0) is 13.8. The van der Waals surface area contributed by atoms with Crippen LogP contribution in [-0.2, 0) is 0 Å². The van der Waals surface area contributed by atoms with E-state index in [2.05, 4.69) is 0 Å². The number of carbonyl (C=O) groups is 1. The predicted octanol–water partition coefficient (Wildman–Crippen LogP) is 4.61. The van der Waals surface area contributed by atoms with Gasteiger partial charge in [-0.3, -0.25) is 4.79 Å². The fraction of sp³-hybridized carbons (Fsp3) is 0.0714. The van der Waals surface area contributed by atoms with E-state index in [0.29, 0.717) is 32.9 Å². The summed E-state index contributed by atoms with van der Waals surface area (Å²) in [6.45, 7) is 0. The average molecular weight is 297 g/mol. The molecule has 0 saturated heterocycles. The van der Waals surface area contributed by atoms with Gasteiger partial charge in [-0.2, -0.15) is 0 Å². The molecule has 2 rings (SSSR count). The highest BCUT2D eigenvalue weighted by Crippen LogP contribution is 2.36. The second kappa shape index (κ2) is 5.95. The first-order valence-corrected chi connectivity index (χ1v) is 6.15. The third kappa shape index (κ3) is 3.19. The van der Waals surface area contributed by atoms with Crippen molar-refractivity contribution < 1.29 is 14.3 Å². The molecule has 2 aromatic rings. The number of hydrogen-bond donors (Lipinski definition) is 0. The van der Waals surface area contributed by atoms with Crippen LogP contribution in [0, 0.1) is 0 Å². The SMILES string of the molecule is COc1cc(C=O)ccc1Oc1ccc(Cl)cc1Cl. The van der Waals surface area contributed by atoms with Crippen molar-refractivity contribution in [1.29, 1.82) is 0 Å². The number of ether oxygens (including phenoxy) is 2. The van der Waals surface area contributed by atoms with Gasteiger partial charge in [0.15, 0.2) is 11.5 Å². The lowest BCUT2D eigenvalue weighted by molar-refractivity contribution is 0.112. The highest BCUT2D eigenvalue weighted by Gasteiger charge is 2.09. The van der Waals surface area contributed by atoms with Gasteiger partial charge in [-0.15, -0.1) is 0 Å². The van der Waals surface area contributed by atoms with Crippen LogP contribution in [0.2, 0.25) is 10.0 Å². The molecule has 0 aromatic heterocycles. The fourth-order valence-corrected chi connectivity index (χ4v) is 1.97. The van der Waals surface area contributed by atoms with Gasteiger partial charge in [0.05, 0.1) is 12.1 Å². The van der Waals surface area contributed by atoms with Gasteiger partial charge < -0.3 is 9.47 Å². The molecule has 0 unspecified atom stereocenters. The molecule has 0 heterocycles. The summed E-state index contributed by atoms with van der Waals surface area (Å²) in [5, 5.41) is 0.926. The third-order valence-corrected chi connectivity index (χ3v) is 2.97. The van der Waals surface area contributed by atoms with E-state index in [-0.39, 0.29) is 0 Å². The molecule has 0 atom stereocenters. The quantitative estimate of drug-likeness (QED) is 0.773. The Morgan fingerprint density at radius 2 is 1.74 bits per heavy atom. The summed E-state index contributed by atoms with van der Waals surface area (Å²) in [7, 11) is 1.50. The van der Waals surface area contributed by atoms with Crippen LogP contribution >= 0.6 is 23.2 Å². The van der Waals surface area contributed by atoms with Crippen molar-refractivity contribution in [2.24, 2.45) is 0 Å². The molecule has 0 fully saturated rings. The molecule has 0 aliphatic carbocycles. The summed E-state index contributed by atoms with van der Waals surface area (Å²) in [4.78, 5) is 10.7. The lowest BCUT2D eigenvalue weighted by Crippen LogP contribution is -1.92. The van der Waals surface area contributed by atoms with Crippen molar-refractivity contribution in [3.63, 3.8) is 0 Å². The van der Waals surface area contributed by atoms with Crippen LogP contribution < -0.4 is 9.47 Å². The van der Waals surface area contributed by atoms with Crippen LogP contribution in [0.3, 0.4) is 0 Å². The molecule has 0 amide bonds. The average Bonchev–Trinajstić information content (AvgIpc) is 2.42. The molecule has 0 spiro atoms. The van der Waals surface area contributed by atoms with Crippen LogP contribution in [0.25, 0.3) is 0 Å². The number of hydrogen-bond acceptors (Lipinski definition) is 3. The van der Waals surface area contributed by atoms with Crippen molar-refractivity contribution in [2.75, 3.05) is 7.11 Å². The summed E-state index contributed by atoms with van der Waals surface area (Å²) in [6.07, 6.45) is 0.738. The number of methoxy groups -OCH3 is 1. The first-order valence-electron chi connectivity index (χ1n) is 5.40. The molecular weight excluding hydrogens is 287 g/mol. The van der Waals surface area contributed by atoms with Crippen molar-refractivity contribution in [2.45, 2.75) is 0 Å². The molecule has 3 nitrogen and oxygen atoms in total. The molecule has 98 valence electrons. The van der Waals surface area contributed by atoms with Crippen LogP contribution in [0.5, 0.6) is 17.2 Å². The van der Waals surface area contributed by atoms with Gasteiger partial charge in [0.2, 0.25) is 0 Å². The lowest BCUT2D eigenvalue weighted by atomic mass is 10.2. The van der Waals surface area contributed by atoms with E-state index in [1.807, 2.05) is 0 Å². The van der Waals surface area contributed by atoms with E-state index in [1.54, 1.807) is 36.4 Å². The first kappa shape index (κ1) is 13.7. The van der Waals surface area contributed by atoms with E-state index in [0.717, 1.165) is 6.29 Å². The Balaban J connectivity index is 2.34.